The molecule has 0 aliphatic carbocycles. The van der Waals surface area contributed by atoms with Crippen molar-refractivity contribution in [1.29, 1.82) is 0 Å². The van der Waals surface area contributed by atoms with Gasteiger partial charge in [-0.3, -0.25) is 4.72 Å². The van der Waals surface area contributed by atoms with Crippen LogP contribution >= 0.6 is 0 Å². The SMILES string of the molecule is CC(C)S(=O)(=O)Nc1ccc(N2CCOCC2)nc1. The second-order valence-electron chi connectivity index (χ2n) is 4.70. The molecule has 2 rings (SSSR count). The van der Waals surface area contributed by atoms with E-state index in [9.17, 15) is 8.42 Å². The molecule has 0 spiro atoms. The number of hydrogen-bond acceptors (Lipinski definition) is 5. The molecule has 1 aromatic heterocycles. The van der Waals surface area contributed by atoms with E-state index >= 15 is 0 Å². The van der Waals surface area contributed by atoms with E-state index in [1.807, 2.05) is 6.07 Å². The molecule has 7 heteroatoms. The van der Waals surface area contributed by atoms with Gasteiger partial charge in [-0.05, 0) is 26.0 Å². The Labute approximate surface area is 113 Å². The lowest BCUT2D eigenvalue weighted by Gasteiger charge is -2.27. The molecule has 1 aromatic rings. The zero-order valence-electron chi connectivity index (χ0n) is 11.2. The molecule has 1 saturated heterocycles. The summed E-state index contributed by atoms with van der Waals surface area (Å²) in [5.41, 5.74) is 0.491. The van der Waals surface area contributed by atoms with Crippen molar-refractivity contribution in [3.05, 3.63) is 18.3 Å². The number of ether oxygens (including phenoxy) is 1. The Morgan fingerprint density at radius 1 is 1.32 bits per heavy atom. The van der Waals surface area contributed by atoms with Gasteiger partial charge in [0.05, 0.1) is 30.3 Å². The third-order valence-electron chi connectivity index (χ3n) is 2.96. The number of sulfonamides is 1. The molecule has 0 radical (unpaired) electrons. The smallest absolute Gasteiger partial charge is 0.235 e. The van der Waals surface area contributed by atoms with Crippen LogP contribution in [0.5, 0.6) is 0 Å². The van der Waals surface area contributed by atoms with Gasteiger partial charge in [0.15, 0.2) is 0 Å². The van der Waals surface area contributed by atoms with Crippen LogP contribution in [0.4, 0.5) is 11.5 Å². The van der Waals surface area contributed by atoms with Crippen molar-refractivity contribution in [3.63, 3.8) is 0 Å². The fourth-order valence-corrected chi connectivity index (χ4v) is 2.39. The van der Waals surface area contributed by atoms with Crippen LogP contribution < -0.4 is 9.62 Å². The van der Waals surface area contributed by atoms with Crippen LogP contribution in [0.25, 0.3) is 0 Å². The number of hydrogen-bond donors (Lipinski definition) is 1. The number of rotatable bonds is 4. The Balaban J connectivity index is 2.06. The standard InChI is InChI=1S/C12H19N3O3S/c1-10(2)19(16,17)14-11-3-4-12(13-9-11)15-5-7-18-8-6-15/h3-4,9-10,14H,5-8H2,1-2H3. The third kappa shape index (κ3) is 3.57. The van der Waals surface area contributed by atoms with Gasteiger partial charge in [-0.2, -0.15) is 0 Å². The van der Waals surface area contributed by atoms with Crippen LogP contribution in [0.3, 0.4) is 0 Å². The van der Waals surface area contributed by atoms with Crippen LogP contribution in [0, 0.1) is 0 Å². The minimum atomic E-state index is -3.31. The zero-order valence-corrected chi connectivity index (χ0v) is 12.0. The van der Waals surface area contributed by atoms with Crippen molar-refractivity contribution in [2.24, 2.45) is 0 Å². The number of anilines is 2. The van der Waals surface area contributed by atoms with E-state index in [0.29, 0.717) is 18.9 Å². The maximum Gasteiger partial charge on any atom is 0.235 e. The van der Waals surface area contributed by atoms with Crippen LogP contribution in [0.1, 0.15) is 13.8 Å². The molecule has 6 nitrogen and oxygen atoms in total. The first-order valence-corrected chi connectivity index (χ1v) is 7.84. The molecule has 0 atom stereocenters. The summed E-state index contributed by atoms with van der Waals surface area (Å²) in [6, 6.07) is 3.56. The number of nitrogens with one attached hydrogen (secondary N) is 1. The summed E-state index contributed by atoms with van der Waals surface area (Å²) in [5.74, 6) is 0.843. The van der Waals surface area contributed by atoms with Gasteiger partial charge in [-0.15, -0.1) is 0 Å². The van der Waals surface area contributed by atoms with Crippen molar-refractivity contribution >= 4 is 21.5 Å². The topological polar surface area (TPSA) is 71.5 Å². The molecule has 0 bridgehead atoms. The van der Waals surface area contributed by atoms with E-state index in [1.165, 1.54) is 0 Å². The molecule has 1 fully saturated rings. The number of aromatic nitrogens is 1. The third-order valence-corrected chi connectivity index (χ3v) is 4.73. The monoisotopic (exact) mass is 285 g/mol. The van der Waals surface area contributed by atoms with E-state index in [1.54, 1.807) is 26.1 Å². The van der Waals surface area contributed by atoms with Crippen LogP contribution in [-0.4, -0.2) is 45.0 Å². The average Bonchev–Trinajstić information content (AvgIpc) is 2.40. The highest BCUT2D eigenvalue weighted by Crippen LogP contribution is 2.17. The van der Waals surface area contributed by atoms with Gasteiger partial charge in [0.1, 0.15) is 5.82 Å². The summed E-state index contributed by atoms with van der Waals surface area (Å²) in [6.07, 6.45) is 1.55. The average molecular weight is 285 g/mol. The van der Waals surface area contributed by atoms with Gasteiger partial charge >= 0.3 is 0 Å². The first-order valence-electron chi connectivity index (χ1n) is 6.29. The van der Waals surface area contributed by atoms with Crippen LogP contribution in [0.2, 0.25) is 0 Å². The summed E-state index contributed by atoms with van der Waals surface area (Å²) < 4.78 is 31.2. The zero-order chi connectivity index (χ0) is 13.9. The summed E-state index contributed by atoms with van der Waals surface area (Å²) in [5, 5.41) is -0.466. The normalized spacial score (nSPS) is 16.7. The molecule has 0 saturated carbocycles. The van der Waals surface area contributed by atoms with Gasteiger partial charge < -0.3 is 9.64 Å². The maximum atomic E-state index is 11.7. The molecule has 1 N–H and O–H groups in total. The fraction of sp³-hybridized carbons (Fsp3) is 0.583. The summed E-state index contributed by atoms with van der Waals surface area (Å²) in [7, 11) is -3.31. The molecule has 0 unspecified atom stereocenters. The molecule has 1 aliphatic heterocycles. The van der Waals surface area contributed by atoms with E-state index in [2.05, 4.69) is 14.6 Å². The fourth-order valence-electron chi connectivity index (χ4n) is 1.71. The predicted molar refractivity (Wildman–Crippen MR) is 74.9 cm³/mol. The van der Waals surface area contributed by atoms with Crippen molar-refractivity contribution in [2.45, 2.75) is 19.1 Å². The molecular formula is C12H19N3O3S. The summed E-state index contributed by atoms with van der Waals surface area (Å²) in [4.78, 5) is 6.40. The quantitative estimate of drug-likeness (QED) is 0.896. The summed E-state index contributed by atoms with van der Waals surface area (Å²) in [6.45, 7) is 6.29. The van der Waals surface area contributed by atoms with Crippen molar-refractivity contribution in [1.82, 2.24) is 4.98 Å². The number of nitrogens with zero attached hydrogens (tertiary/aromatic N) is 2. The lowest BCUT2D eigenvalue weighted by atomic mass is 10.3. The van der Waals surface area contributed by atoms with E-state index in [4.69, 9.17) is 4.74 Å². The van der Waals surface area contributed by atoms with E-state index in [0.717, 1.165) is 18.9 Å². The second kappa shape index (κ2) is 5.75. The van der Waals surface area contributed by atoms with Crippen molar-refractivity contribution in [3.8, 4) is 0 Å². The van der Waals surface area contributed by atoms with Crippen molar-refractivity contribution in [2.75, 3.05) is 35.9 Å². The Morgan fingerprint density at radius 3 is 2.53 bits per heavy atom. The highest BCUT2D eigenvalue weighted by Gasteiger charge is 2.16. The molecule has 2 heterocycles. The molecule has 106 valence electrons. The van der Waals surface area contributed by atoms with Crippen LogP contribution in [0.15, 0.2) is 18.3 Å². The van der Waals surface area contributed by atoms with Gasteiger partial charge in [0.2, 0.25) is 10.0 Å². The minimum Gasteiger partial charge on any atom is -0.378 e. The lowest BCUT2D eigenvalue weighted by Crippen LogP contribution is -2.36. The molecule has 1 aliphatic rings. The Hall–Kier alpha value is -1.34. The number of morpholine rings is 1. The van der Waals surface area contributed by atoms with Crippen molar-refractivity contribution < 1.29 is 13.2 Å². The Bertz CT molecular complexity index is 508. The highest BCUT2D eigenvalue weighted by molar-refractivity contribution is 7.93. The summed E-state index contributed by atoms with van der Waals surface area (Å²) >= 11 is 0. The lowest BCUT2D eigenvalue weighted by molar-refractivity contribution is 0.122. The second-order valence-corrected chi connectivity index (χ2v) is 6.94. The first-order chi connectivity index (χ1) is 8.99. The van der Waals surface area contributed by atoms with E-state index in [-0.39, 0.29) is 0 Å². The Kier molecular flexibility index (Phi) is 4.26. The largest absolute Gasteiger partial charge is 0.378 e. The first kappa shape index (κ1) is 14.1. The van der Waals surface area contributed by atoms with Gasteiger partial charge in [-0.1, -0.05) is 0 Å². The number of pyridine rings is 1. The predicted octanol–water partition coefficient (Wildman–Crippen LogP) is 1.07. The Morgan fingerprint density at radius 2 is 2.00 bits per heavy atom. The maximum absolute atomic E-state index is 11.7. The van der Waals surface area contributed by atoms with Gasteiger partial charge in [0, 0.05) is 13.1 Å². The molecule has 19 heavy (non-hydrogen) atoms. The molecule has 0 aromatic carbocycles. The molecular weight excluding hydrogens is 266 g/mol. The minimum absolute atomic E-state index is 0.466. The van der Waals surface area contributed by atoms with Gasteiger partial charge in [-0.25, -0.2) is 13.4 Å². The molecule has 0 amide bonds. The highest BCUT2D eigenvalue weighted by atomic mass is 32.2. The van der Waals surface area contributed by atoms with Gasteiger partial charge in [0.25, 0.3) is 0 Å². The van der Waals surface area contributed by atoms with E-state index < -0.39 is 15.3 Å². The van der Waals surface area contributed by atoms with Crippen LogP contribution in [-0.2, 0) is 14.8 Å².